The molecule has 26 heavy (non-hydrogen) atoms. The van der Waals surface area contributed by atoms with Gasteiger partial charge < -0.3 is 15.1 Å². The number of hydrogen-bond donors (Lipinski definition) is 1. The van der Waals surface area contributed by atoms with Crippen LogP contribution in [-0.2, 0) is 0 Å². The van der Waals surface area contributed by atoms with E-state index in [0.717, 1.165) is 49.7 Å². The molecule has 136 valence electrons. The lowest BCUT2D eigenvalue weighted by atomic mass is 10.0. The third kappa shape index (κ3) is 3.49. The van der Waals surface area contributed by atoms with Crippen molar-refractivity contribution < 1.29 is 9.59 Å². The van der Waals surface area contributed by atoms with Crippen molar-refractivity contribution in [1.29, 1.82) is 0 Å². The lowest BCUT2D eigenvalue weighted by molar-refractivity contribution is 0.0913. The van der Waals surface area contributed by atoms with E-state index in [1.807, 2.05) is 40.1 Å². The van der Waals surface area contributed by atoms with Gasteiger partial charge in [0.2, 0.25) is 0 Å². The SMILES string of the molecule is O=C(NC1CCN(C(=O)N2CCCC2)CC1)c1ccc2ncccc2c1. The Labute approximate surface area is 153 Å². The Bertz CT molecular complexity index is 808. The summed E-state index contributed by atoms with van der Waals surface area (Å²) in [5, 5.41) is 4.08. The van der Waals surface area contributed by atoms with Crippen LogP contribution in [0.1, 0.15) is 36.0 Å². The fourth-order valence-electron chi connectivity index (χ4n) is 3.81. The minimum Gasteiger partial charge on any atom is -0.349 e. The first-order chi connectivity index (χ1) is 12.7. The number of carbonyl (C=O) groups is 2. The first-order valence-corrected chi connectivity index (χ1v) is 9.40. The largest absolute Gasteiger partial charge is 0.349 e. The van der Waals surface area contributed by atoms with Gasteiger partial charge in [-0.1, -0.05) is 6.07 Å². The van der Waals surface area contributed by atoms with Gasteiger partial charge in [-0.05, 0) is 49.9 Å². The third-order valence-corrected chi connectivity index (χ3v) is 5.34. The minimum atomic E-state index is -0.0555. The molecule has 4 rings (SSSR count). The van der Waals surface area contributed by atoms with Crippen molar-refractivity contribution in [3.05, 3.63) is 42.1 Å². The Kier molecular flexibility index (Phi) is 4.73. The molecule has 1 N–H and O–H groups in total. The van der Waals surface area contributed by atoms with E-state index < -0.39 is 0 Å². The van der Waals surface area contributed by atoms with Crippen LogP contribution < -0.4 is 5.32 Å². The van der Waals surface area contributed by atoms with Gasteiger partial charge >= 0.3 is 6.03 Å². The van der Waals surface area contributed by atoms with Gasteiger partial charge in [-0.3, -0.25) is 9.78 Å². The van der Waals surface area contributed by atoms with Gasteiger partial charge in [-0.15, -0.1) is 0 Å². The molecule has 3 heterocycles. The maximum Gasteiger partial charge on any atom is 0.319 e. The first-order valence-electron chi connectivity index (χ1n) is 9.40. The zero-order chi connectivity index (χ0) is 17.9. The zero-order valence-electron chi connectivity index (χ0n) is 14.9. The fraction of sp³-hybridized carbons (Fsp3) is 0.450. The molecule has 0 bridgehead atoms. The number of nitrogens with zero attached hydrogens (tertiary/aromatic N) is 3. The summed E-state index contributed by atoms with van der Waals surface area (Å²) in [5.41, 5.74) is 1.54. The van der Waals surface area contributed by atoms with Crippen LogP contribution in [0.4, 0.5) is 4.79 Å². The summed E-state index contributed by atoms with van der Waals surface area (Å²) in [5.74, 6) is -0.0555. The van der Waals surface area contributed by atoms with E-state index in [-0.39, 0.29) is 18.0 Å². The highest BCUT2D eigenvalue weighted by atomic mass is 16.2. The lowest BCUT2D eigenvalue weighted by Gasteiger charge is -2.34. The number of piperidine rings is 1. The summed E-state index contributed by atoms with van der Waals surface area (Å²) in [6.45, 7) is 3.18. The first kappa shape index (κ1) is 16.8. The van der Waals surface area contributed by atoms with Crippen LogP contribution in [0, 0.1) is 0 Å². The van der Waals surface area contributed by atoms with Gasteiger partial charge in [-0.25, -0.2) is 4.79 Å². The van der Waals surface area contributed by atoms with Crippen molar-refractivity contribution in [2.45, 2.75) is 31.7 Å². The van der Waals surface area contributed by atoms with Crippen molar-refractivity contribution in [1.82, 2.24) is 20.1 Å². The standard InChI is InChI=1S/C20H24N4O2/c25-19(16-5-6-18-15(14-16)4-3-9-21-18)22-17-7-12-24(13-8-17)20(26)23-10-1-2-11-23/h3-6,9,14,17H,1-2,7-8,10-13H2,(H,22,25). The molecule has 0 aliphatic carbocycles. The van der Waals surface area contributed by atoms with Gasteiger partial charge in [0.15, 0.2) is 0 Å². The number of benzene rings is 1. The molecule has 0 saturated carbocycles. The predicted molar refractivity (Wildman–Crippen MR) is 100 cm³/mol. The molecule has 0 atom stereocenters. The second-order valence-electron chi connectivity index (χ2n) is 7.12. The normalized spacial score (nSPS) is 18.3. The van der Waals surface area contributed by atoms with Gasteiger partial charge in [0.1, 0.15) is 0 Å². The molecule has 2 aliphatic rings. The van der Waals surface area contributed by atoms with Crippen molar-refractivity contribution in [2.24, 2.45) is 0 Å². The van der Waals surface area contributed by atoms with E-state index >= 15 is 0 Å². The number of carbonyl (C=O) groups excluding carboxylic acids is 2. The van der Waals surface area contributed by atoms with Crippen LogP contribution >= 0.6 is 0 Å². The molecule has 2 fully saturated rings. The summed E-state index contributed by atoms with van der Waals surface area (Å²) in [7, 11) is 0. The van der Waals surface area contributed by atoms with Crippen LogP contribution in [0.25, 0.3) is 10.9 Å². The molecule has 1 aromatic carbocycles. The predicted octanol–water partition coefficient (Wildman–Crippen LogP) is 2.64. The topological polar surface area (TPSA) is 65.5 Å². The van der Waals surface area contributed by atoms with E-state index in [2.05, 4.69) is 10.3 Å². The molecule has 2 aliphatic heterocycles. The van der Waals surface area contributed by atoms with Crippen LogP contribution in [0.15, 0.2) is 36.5 Å². The zero-order valence-corrected chi connectivity index (χ0v) is 14.9. The summed E-state index contributed by atoms with van der Waals surface area (Å²) in [6, 6.07) is 9.68. The third-order valence-electron chi connectivity index (χ3n) is 5.34. The highest BCUT2D eigenvalue weighted by Crippen LogP contribution is 2.17. The maximum absolute atomic E-state index is 12.6. The molecular weight excluding hydrogens is 328 g/mol. The molecular formula is C20H24N4O2. The maximum atomic E-state index is 12.6. The average molecular weight is 352 g/mol. The Morgan fingerprint density at radius 1 is 1.00 bits per heavy atom. The van der Waals surface area contributed by atoms with Crippen LogP contribution in [0.3, 0.4) is 0 Å². The van der Waals surface area contributed by atoms with Crippen molar-refractivity contribution >= 4 is 22.8 Å². The Morgan fingerprint density at radius 2 is 1.73 bits per heavy atom. The number of fused-ring (bicyclic) bond motifs is 1. The van der Waals surface area contributed by atoms with Gasteiger partial charge in [0.25, 0.3) is 5.91 Å². The molecule has 0 spiro atoms. The van der Waals surface area contributed by atoms with E-state index in [0.29, 0.717) is 18.7 Å². The number of nitrogens with one attached hydrogen (secondary N) is 1. The molecule has 6 heteroatoms. The highest BCUT2D eigenvalue weighted by Gasteiger charge is 2.28. The molecule has 3 amide bonds. The number of likely N-dealkylation sites (tertiary alicyclic amines) is 2. The molecule has 1 aromatic heterocycles. The van der Waals surface area contributed by atoms with E-state index in [4.69, 9.17) is 0 Å². The second kappa shape index (κ2) is 7.32. The molecule has 2 saturated heterocycles. The number of hydrogen-bond acceptors (Lipinski definition) is 3. The quantitative estimate of drug-likeness (QED) is 0.904. The number of amides is 3. The second-order valence-corrected chi connectivity index (χ2v) is 7.12. The van der Waals surface area contributed by atoms with E-state index in [9.17, 15) is 9.59 Å². The van der Waals surface area contributed by atoms with Crippen LogP contribution in [-0.4, -0.2) is 58.9 Å². The minimum absolute atomic E-state index is 0.0555. The Morgan fingerprint density at radius 3 is 2.50 bits per heavy atom. The molecule has 0 radical (unpaired) electrons. The number of rotatable bonds is 2. The Hall–Kier alpha value is -2.63. The number of aromatic nitrogens is 1. The number of urea groups is 1. The summed E-state index contributed by atoms with van der Waals surface area (Å²) >= 11 is 0. The van der Waals surface area contributed by atoms with Crippen LogP contribution in [0.2, 0.25) is 0 Å². The monoisotopic (exact) mass is 352 g/mol. The average Bonchev–Trinajstić information content (AvgIpc) is 3.22. The lowest BCUT2D eigenvalue weighted by Crippen LogP contribution is -2.50. The summed E-state index contributed by atoms with van der Waals surface area (Å²) < 4.78 is 0. The smallest absolute Gasteiger partial charge is 0.319 e. The van der Waals surface area contributed by atoms with E-state index in [1.165, 1.54) is 0 Å². The van der Waals surface area contributed by atoms with Gasteiger partial charge in [0, 0.05) is 49.4 Å². The number of pyridine rings is 1. The molecule has 0 unspecified atom stereocenters. The van der Waals surface area contributed by atoms with Crippen LogP contribution in [0.5, 0.6) is 0 Å². The molecule has 2 aromatic rings. The summed E-state index contributed by atoms with van der Waals surface area (Å²) in [4.78, 5) is 33.1. The van der Waals surface area contributed by atoms with E-state index in [1.54, 1.807) is 6.20 Å². The highest BCUT2D eigenvalue weighted by molar-refractivity contribution is 5.98. The van der Waals surface area contributed by atoms with Crippen molar-refractivity contribution in [3.8, 4) is 0 Å². The van der Waals surface area contributed by atoms with Gasteiger partial charge in [-0.2, -0.15) is 0 Å². The summed E-state index contributed by atoms with van der Waals surface area (Å²) in [6.07, 6.45) is 5.58. The fourth-order valence-corrected chi connectivity index (χ4v) is 3.81. The Balaban J connectivity index is 1.33. The van der Waals surface area contributed by atoms with Crippen molar-refractivity contribution in [2.75, 3.05) is 26.2 Å². The van der Waals surface area contributed by atoms with Crippen molar-refractivity contribution in [3.63, 3.8) is 0 Å². The van der Waals surface area contributed by atoms with Gasteiger partial charge in [0.05, 0.1) is 5.52 Å². The molecule has 6 nitrogen and oxygen atoms in total.